The van der Waals surface area contributed by atoms with Gasteiger partial charge >= 0.3 is 0 Å². The zero-order valence-corrected chi connectivity index (χ0v) is 15.3. The molecule has 1 aromatic heterocycles. The number of nitrogens with one attached hydrogen (secondary N) is 1. The topological polar surface area (TPSA) is 78.4 Å². The number of rotatable bonds is 2. The van der Waals surface area contributed by atoms with Gasteiger partial charge in [0.1, 0.15) is 11.6 Å². The lowest BCUT2D eigenvalue weighted by molar-refractivity contribution is -0.133. The average molecular weight is 332 g/mol. The maximum Gasteiger partial charge on any atom is 0.220 e. The fourth-order valence-corrected chi connectivity index (χ4v) is 3.38. The molecule has 3 rings (SSSR count). The summed E-state index contributed by atoms with van der Waals surface area (Å²) in [5.41, 5.74) is 0.653. The summed E-state index contributed by atoms with van der Waals surface area (Å²) in [6.45, 7) is 12.3. The Balaban J connectivity index is 1.86. The minimum Gasteiger partial charge on any atom is -0.391 e. The summed E-state index contributed by atoms with van der Waals surface area (Å²) in [5.74, 6) is 2.04. The highest BCUT2D eigenvalue weighted by atomic mass is 16.3. The van der Waals surface area contributed by atoms with Crippen LogP contribution in [0.5, 0.6) is 0 Å². The maximum absolute atomic E-state index is 11.7. The fraction of sp³-hybridized carbons (Fsp3) is 0.722. The number of carbonyl (C=O) groups excluding carboxylic acids is 1. The summed E-state index contributed by atoms with van der Waals surface area (Å²) in [5, 5.41) is 13.0. The second-order valence-electron chi connectivity index (χ2n) is 8.59. The quantitative estimate of drug-likeness (QED) is 0.860. The molecule has 1 amide bonds. The Morgan fingerprint density at radius 2 is 2.00 bits per heavy atom. The summed E-state index contributed by atoms with van der Waals surface area (Å²) >= 11 is 0. The van der Waals surface area contributed by atoms with Gasteiger partial charge in [0.25, 0.3) is 0 Å². The van der Waals surface area contributed by atoms with Crippen LogP contribution in [-0.4, -0.2) is 46.7 Å². The molecule has 2 saturated heterocycles. The molecule has 0 radical (unpaired) electrons. The first kappa shape index (κ1) is 17.1. The van der Waals surface area contributed by atoms with Gasteiger partial charge in [0.2, 0.25) is 5.91 Å². The van der Waals surface area contributed by atoms with E-state index in [2.05, 4.69) is 44.8 Å². The van der Waals surface area contributed by atoms with E-state index in [0.717, 1.165) is 17.3 Å². The molecule has 24 heavy (non-hydrogen) atoms. The van der Waals surface area contributed by atoms with Crippen molar-refractivity contribution in [3.63, 3.8) is 0 Å². The smallest absolute Gasteiger partial charge is 0.220 e. The van der Waals surface area contributed by atoms with Crippen LogP contribution in [0.3, 0.4) is 0 Å². The average Bonchev–Trinajstić information content (AvgIpc) is 2.46. The highest BCUT2D eigenvalue weighted by Gasteiger charge is 2.52. The van der Waals surface area contributed by atoms with E-state index in [-0.39, 0.29) is 22.7 Å². The summed E-state index contributed by atoms with van der Waals surface area (Å²) < 4.78 is 0. The van der Waals surface area contributed by atoms with Crippen LogP contribution < -0.4 is 10.2 Å². The zero-order valence-electron chi connectivity index (χ0n) is 15.3. The molecule has 1 unspecified atom stereocenters. The van der Waals surface area contributed by atoms with Crippen molar-refractivity contribution >= 4 is 11.7 Å². The monoisotopic (exact) mass is 332 g/mol. The van der Waals surface area contributed by atoms with E-state index in [1.807, 2.05) is 6.07 Å². The predicted molar refractivity (Wildman–Crippen MR) is 93.1 cm³/mol. The Bertz CT molecular complexity index is 645. The van der Waals surface area contributed by atoms with E-state index >= 15 is 0 Å². The first-order valence-corrected chi connectivity index (χ1v) is 8.70. The first-order chi connectivity index (χ1) is 11.1. The van der Waals surface area contributed by atoms with E-state index in [0.29, 0.717) is 26.1 Å². The van der Waals surface area contributed by atoms with E-state index in [1.165, 1.54) is 0 Å². The van der Waals surface area contributed by atoms with Crippen LogP contribution in [0.2, 0.25) is 0 Å². The molecule has 1 aromatic rings. The SMILES string of the molecule is CC(C)c1nc(N2CC3(CC(=O)NCC3O)C2)cc(C(C)(C)C)n1. The third-order valence-electron chi connectivity index (χ3n) is 5.06. The number of β-amino-alcohol motifs (C(OH)–C–C–N with tert-alkyl or cyclic N) is 1. The molecule has 1 spiro atoms. The molecule has 3 heterocycles. The van der Waals surface area contributed by atoms with Gasteiger partial charge in [-0.1, -0.05) is 34.6 Å². The molecular weight excluding hydrogens is 304 g/mol. The lowest BCUT2D eigenvalue weighted by atomic mass is 9.70. The van der Waals surface area contributed by atoms with Crippen LogP contribution in [0.25, 0.3) is 0 Å². The lowest BCUT2D eigenvalue weighted by Crippen LogP contribution is -2.68. The van der Waals surface area contributed by atoms with Gasteiger partial charge in [-0.3, -0.25) is 4.79 Å². The first-order valence-electron chi connectivity index (χ1n) is 8.70. The molecule has 0 aliphatic carbocycles. The van der Waals surface area contributed by atoms with Crippen LogP contribution in [-0.2, 0) is 10.2 Å². The highest BCUT2D eigenvalue weighted by molar-refractivity contribution is 5.78. The number of nitrogens with zero attached hydrogens (tertiary/aromatic N) is 3. The molecule has 1 atom stereocenters. The van der Waals surface area contributed by atoms with E-state index in [9.17, 15) is 9.90 Å². The predicted octanol–water partition coefficient (Wildman–Crippen LogP) is 1.58. The molecule has 2 aliphatic heterocycles. The second-order valence-corrected chi connectivity index (χ2v) is 8.59. The molecule has 6 heteroatoms. The van der Waals surface area contributed by atoms with Gasteiger partial charge < -0.3 is 15.3 Å². The third-order valence-corrected chi connectivity index (χ3v) is 5.06. The van der Waals surface area contributed by atoms with Crippen LogP contribution in [0.4, 0.5) is 5.82 Å². The number of amides is 1. The molecule has 132 valence electrons. The van der Waals surface area contributed by atoms with Gasteiger partial charge in [-0.25, -0.2) is 9.97 Å². The standard InChI is InChI=1S/C18H28N4O2/c1-11(2)16-20-12(17(3,4)5)6-14(21-16)22-9-18(10-22)7-15(24)19-8-13(18)23/h6,11,13,23H,7-10H2,1-5H3,(H,19,24). The van der Waals surface area contributed by atoms with Crippen molar-refractivity contribution in [1.82, 2.24) is 15.3 Å². The Hall–Kier alpha value is -1.69. The molecule has 2 N–H and O–H groups in total. The number of hydrogen-bond acceptors (Lipinski definition) is 5. The fourth-order valence-electron chi connectivity index (χ4n) is 3.38. The summed E-state index contributed by atoms with van der Waals surface area (Å²) in [7, 11) is 0. The van der Waals surface area contributed by atoms with Crippen LogP contribution in [0.15, 0.2) is 6.07 Å². The van der Waals surface area contributed by atoms with Crippen molar-refractivity contribution in [3.8, 4) is 0 Å². The van der Waals surface area contributed by atoms with Gasteiger partial charge in [0.05, 0.1) is 11.8 Å². The number of hydrogen-bond donors (Lipinski definition) is 2. The number of aromatic nitrogens is 2. The largest absolute Gasteiger partial charge is 0.391 e. The van der Waals surface area contributed by atoms with Gasteiger partial charge in [-0.05, 0) is 0 Å². The molecule has 0 aromatic carbocycles. The number of anilines is 1. The van der Waals surface area contributed by atoms with Crippen molar-refractivity contribution in [3.05, 3.63) is 17.6 Å². The summed E-state index contributed by atoms with van der Waals surface area (Å²) in [4.78, 5) is 23.3. The molecule has 2 aliphatic rings. The van der Waals surface area contributed by atoms with Gasteiger partial charge in [0, 0.05) is 48.9 Å². The second kappa shape index (κ2) is 5.69. The van der Waals surface area contributed by atoms with Crippen molar-refractivity contribution in [2.75, 3.05) is 24.5 Å². The number of carbonyl (C=O) groups is 1. The van der Waals surface area contributed by atoms with Gasteiger partial charge in [-0.15, -0.1) is 0 Å². The van der Waals surface area contributed by atoms with Crippen LogP contribution >= 0.6 is 0 Å². The van der Waals surface area contributed by atoms with Gasteiger partial charge in [0.15, 0.2) is 0 Å². The minimum atomic E-state index is -0.486. The highest BCUT2D eigenvalue weighted by Crippen LogP contribution is 2.41. The Morgan fingerprint density at radius 1 is 1.33 bits per heavy atom. The van der Waals surface area contributed by atoms with E-state index < -0.39 is 6.10 Å². The van der Waals surface area contributed by atoms with Crippen LogP contribution in [0.1, 0.15) is 58.5 Å². The number of aliphatic hydroxyl groups is 1. The van der Waals surface area contributed by atoms with Crippen molar-refractivity contribution in [2.24, 2.45) is 5.41 Å². The zero-order chi connectivity index (χ0) is 17.7. The molecule has 0 saturated carbocycles. The summed E-state index contributed by atoms with van der Waals surface area (Å²) in [6, 6.07) is 2.05. The Morgan fingerprint density at radius 3 is 2.58 bits per heavy atom. The maximum atomic E-state index is 11.7. The molecule has 0 bridgehead atoms. The molecular formula is C18H28N4O2. The Kier molecular flexibility index (Phi) is 4.06. The van der Waals surface area contributed by atoms with Crippen molar-refractivity contribution in [2.45, 2.75) is 58.5 Å². The van der Waals surface area contributed by atoms with E-state index in [4.69, 9.17) is 9.97 Å². The van der Waals surface area contributed by atoms with Gasteiger partial charge in [-0.2, -0.15) is 0 Å². The summed E-state index contributed by atoms with van der Waals surface area (Å²) in [6.07, 6.45) is -0.0984. The van der Waals surface area contributed by atoms with Crippen molar-refractivity contribution < 1.29 is 9.90 Å². The third kappa shape index (κ3) is 2.99. The van der Waals surface area contributed by atoms with Crippen molar-refractivity contribution in [1.29, 1.82) is 0 Å². The molecule has 6 nitrogen and oxygen atoms in total. The molecule has 2 fully saturated rings. The lowest BCUT2D eigenvalue weighted by Gasteiger charge is -2.54. The van der Waals surface area contributed by atoms with Crippen LogP contribution in [0, 0.1) is 5.41 Å². The normalized spacial score (nSPS) is 23.4. The Labute approximate surface area is 143 Å². The number of aliphatic hydroxyl groups excluding tert-OH is 1. The number of piperidine rings is 1. The van der Waals surface area contributed by atoms with E-state index in [1.54, 1.807) is 0 Å². The minimum absolute atomic E-state index is 0.0286.